The number of rotatable bonds is 6. The molecule has 1 unspecified atom stereocenters. The van der Waals surface area contributed by atoms with Gasteiger partial charge in [-0.1, -0.05) is 24.3 Å². The quantitative estimate of drug-likeness (QED) is 0.379. The van der Waals surface area contributed by atoms with Gasteiger partial charge in [0, 0.05) is 18.5 Å². The number of nitrogens with zero attached hydrogens (tertiary/aromatic N) is 2. The molecular formula is C29H30N2O5. The van der Waals surface area contributed by atoms with E-state index >= 15 is 0 Å². The second-order valence-corrected chi connectivity index (χ2v) is 9.82. The highest BCUT2D eigenvalue weighted by Gasteiger charge is 2.28. The van der Waals surface area contributed by atoms with Crippen molar-refractivity contribution in [1.82, 2.24) is 4.90 Å². The average molecular weight is 487 g/mol. The molecule has 0 aliphatic carbocycles. The fourth-order valence-electron chi connectivity index (χ4n) is 4.19. The first-order valence-corrected chi connectivity index (χ1v) is 12.0. The Hall–Kier alpha value is -4.05. The highest BCUT2D eigenvalue weighted by Crippen LogP contribution is 2.30. The number of nitriles is 1. The molecule has 1 aliphatic heterocycles. The summed E-state index contributed by atoms with van der Waals surface area (Å²) >= 11 is 0. The van der Waals surface area contributed by atoms with E-state index in [1.807, 2.05) is 45.1 Å². The number of hydrogen-bond acceptors (Lipinski definition) is 6. The number of esters is 1. The molecular weight excluding hydrogens is 456 g/mol. The van der Waals surface area contributed by atoms with E-state index in [9.17, 15) is 9.59 Å². The van der Waals surface area contributed by atoms with Crippen molar-refractivity contribution >= 4 is 29.1 Å². The molecule has 0 spiro atoms. The van der Waals surface area contributed by atoms with Gasteiger partial charge >= 0.3 is 12.1 Å². The molecule has 0 saturated heterocycles. The van der Waals surface area contributed by atoms with E-state index in [0.717, 1.165) is 22.1 Å². The third-order valence-electron chi connectivity index (χ3n) is 5.87. The van der Waals surface area contributed by atoms with E-state index in [2.05, 4.69) is 12.1 Å². The third-order valence-corrected chi connectivity index (χ3v) is 5.87. The van der Waals surface area contributed by atoms with Crippen molar-refractivity contribution < 1.29 is 23.5 Å². The minimum absolute atomic E-state index is 0.275. The molecule has 0 saturated carbocycles. The lowest BCUT2D eigenvalue weighted by Crippen LogP contribution is -2.33. The Kier molecular flexibility index (Phi) is 7.16. The van der Waals surface area contributed by atoms with Gasteiger partial charge in [0.05, 0.1) is 18.2 Å². The molecule has 2 aromatic carbocycles. The van der Waals surface area contributed by atoms with Gasteiger partial charge in [-0.05, 0) is 81.1 Å². The molecule has 0 fully saturated rings. The minimum atomic E-state index is -0.601. The normalized spacial score (nSPS) is 14.0. The molecule has 0 N–H and O–H groups in total. The van der Waals surface area contributed by atoms with E-state index in [0.29, 0.717) is 36.4 Å². The van der Waals surface area contributed by atoms with Crippen LogP contribution in [0.5, 0.6) is 0 Å². The number of hydrogen-bond donors (Lipinski definition) is 0. The number of fused-ring (bicyclic) bond motifs is 2. The van der Waals surface area contributed by atoms with Gasteiger partial charge in [0.15, 0.2) is 0 Å². The maximum absolute atomic E-state index is 12.7. The van der Waals surface area contributed by atoms with Gasteiger partial charge in [-0.3, -0.25) is 9.69 Å². The fraction of sp³-hybridized carbons (Fsp3) is 0.345. The molecule has 7 heteroatoms. The maximum atomic E-state index is 12.7. The Labute approximate surface area is 210 Å². The third kappa shape index (κ3) is 5.77. The molecule has 3 aromatic rings. The van der Waals surface area contributed by atoms with E-state index in [1.54, 1.807) is 36.1 Å². The number of amides is 1. The van der Waals surface area contributed by atoms with Crippen LogP contribution < -0.4 is 0 Å². The zero-order valence-electron chi connectivity index (χ0n) is 21.0. The van der Waals surface area contributed by atoms with Crippen LogP contribution in [0.1, 0.15) is 68.0 Å². The standard InChI is InChI=1S/C29H30N2O5/c1-5-34-27(32)24(26-15-22-14-20(16-30)10-12-25(22)35-26)8-6-7-19-9-11-21-17-31(18-23(21)13-19)28(33)36-29(2,3)4/h6-7,9-15,24H,5,8,17-18H2,1-4H3/b7-6+. The van der Waals surface area contributed by atoms with Gasteiger partial charge in [0.25, 0.3) is 0 Å². The molecule has 1 aliphatic rings. The van der Waals surface area contributed by atoms with Crippen molar-refractivity contribution in [3.63, 3.8) is 0 Å². The van der Waals surface area contributed by atoms with Crippen LogP contribution in [0.3, 0.4) is 0 Å². The molecule has 0 radical (unpaired) electrons. The first-order valence-electron chi connectivity index (χ1n) is 12.0. The van der Waals surface area contributed by atoms with Crippen molar-refractivity contribution in [2.24, 2.45) is 0 Å². The summed E-state index contributed by atoms with van der Waals surface area (Å²) in [5, 5.41) is 9.92. The Morgan fingerprint density at radius 3 is 2.64 bits per heavy atom. The van der Waals surface area contributed by atoms with Crippen LogP contribution in [-0.2, 0) is 27.4 Å². The van der Waals surface area contributed by atoms with Crippen molar-refractivity contribution in [3.05, 3.63) is 76.6 Å². The molecule has 1 aromatic heterocycles. The summed E-state index contributed by atoms with van der Waals surface area (Å²) in [6, 6.07) is 15.2. The minimum Gasteiger partial charge on any atom is -0.465 e. The molecule has 1 atom stereocenters. The summed E-state index contributed by atoms with van der Waals surface area (Å²) in [7, 11) is 0. The van der Waals surface area contributed by atoms with Crippen LogP contribution >= 0.6 is 0 Å². The highest BCUT2D eigenvalue weighted by molar-refractivity contribution is 5.83. The van der Waals surface area contributed by atoms with Gasteiger partial charge < -0.3 is 13.9 Å². The number of allylic oxidation sites excluding steroid dienone is 1. The Morgan fingerprint density at radius 1 is 1.14 bits per heavy atom. The number of furan rings is 1. The van der Waals surface area contributed by atoms with Crippen molar-refractivity contribution in [3.8, 4) is 6.07 Å². The maximum Gasteiger partial charge on any atom is 0.410 e. The number of carbonyl (C=O) groups is 2. The smallest absolute Gasteiger partial charge is 0.410 e. The summed E-state index contributed by atoms with van der Waals surface area (Å²) in [5.41, 5.74) is 3.77. The van der Waals surface area contributed by atoms with E-state index in [4.69, 9.17) is 19.2 Å². The lowest BCUT2D eigenvalue weighted by atomic mass is 10.0. The summed E-state index contributed by atoms with van der Waals surface area (Å²) in [5.74, 6) is -0.454. The van der Waals surface area contributed by atoms with Crippen LogP contribution in [0.15, 0.2) is 53.0 Å². The van der Waals surface area contributed by atoms with Crippen LogP contribution in [0.4, 0.5) is 4.79 Å². The monoisotopic (exact) mass is 486 g/mol. The lowest BCUT2D eigenvalue weighted by Gasteiger charge is -2.24. The Bertz CT molecular complexity index is 1360. The second kappa shape index (κ2) is 10.3. The van der Waals surface area contributed by atoms with Crippen LogP contribution in [-0.4, -0.2) is 29.2 Å². The van der Waals surface area contributed by atoms with Crippen molar-refractivity contribution in [2.75, 3.05) is 6.61 Å². The van der Waals surface area contributed by atoms with Crippen LogP contribution in [0.2, 0.25) is 0 Å². The largest absolute Gasteiger partial charge is 0.465 e. The average Bonchev–Trinajstić information content (AvgIpc) is 3.44. The molecule has 2 heterocycles. The molecule has 4 rings (SSSR count). The SMILES string of the molecule is CCOC(=O)C(C/C=C/c1ccc2c(c1)CN(C(=O)OC(C)(C)C)C2)c1cc2cc(C#N)ccc2o1. The van der Waals surface area contributed by atoms with E-state index in [1.165, 1.54) is 0 Å². The van der Waals surface area contributed by atoms with E-state index < -0.39 is 11.5 Å². The highest BCUT2D eigenvalue weighted by atomic mass is 16.6. The van der Waals surface area contributed by atoms with Crippen LogP contribution in [0.25, 0.3) is 17.0 Å². The molecule has 1 amide bonds. The number of benzene rings is 2. The van der Waals surface area contributed by atoms with Crippen molar-refractivity contribution in [1.29, 1.82) is 5.26 Å². The van der Waals surface area contributed by atoms with E-state index in [-0.39, 0.29) is 18.7 Å². The molecule has 186 valence electrons. The van der Waals surface area contributed by atoms with Crippen molar-refractivity contribution in [2.45, 2.75) is 58.7 Å². The summed E-state index contributed by atoms with van der Waals surface area (Å²) < 4.78 is 16.7. The summed E-state index contributed by atoms with van der Waals surface area (Å²) in [4.78, 5) is 26.8. The lowest BCUT2D eigenvalue weighted by molar-refractivity contribution is -0.145. The second-order valence-electron chi connectivity index (χ2n) is 9.82. The zero-order valence-corrected chi connectivity index (χ0v) is 21.0. The zero-order chi connectivity index (χ0) is 25.9. The van der Waals surface area contributed by atoms with Crippen LogP contribution in [0, 0.1) is 11.3 Å². The first kappa shape index (κ1) is 25.1. The van der Waals surface area contributed by atoms with Gasteiger partial charge in [0.2, 0.25) is 0 Å². The van der Waals surface area contributed by atoms with Gasteiger partial charge in [-0.15, -0.1) is 0 Å². The number of ether oxygens (including phenoxy) is 2. The summed E-state index contributed by atoms with van der Waals surface area (Å²) in [6.07, 6.45) is 3.96. The molecule has 7 nitrogen and oxygen atoms in total. The van der Waals surface area contributed by atoms with Gasteiger partial charge in [0.1, 0.15) is 22.9 Å². The van der Waals surface area contributed by atoms with Gasteiger partial charge in [-0.25, -0.2) is 4.79 Å². The Morgan fingerprint density at radius 2 is 1.92 bits per heavy atom. The molecule has 0 bridgehead atoms. The predicted octanol–water partition coefficient (Wildman–Crippen LogP) is 6.31. The first-order chi connectivity index (χ1) is 17.2. The predicted molar refractivity (Wildman–Crippen MR) is 136 cm³/mol. The fourth-order valence-corrected chi connectivity index (χ4v) is 4.19. The Balaban J connectivity index is 1.48. The van der Waals surface area contributed by atoms with Gasteiger partial charge in [-0.2, -0.15) is 5.26 Å². The number of carbonyl (C=O) groups excluding carboxylic acids is 2. The summed E-state index contributed by atoms with van der Waals surface area (Å²) in [6.45, 7) is 8.64. The topological polar surface area (TPSA) is 92.8 Å². The molecule has 36 heavy (non-hydrogen) atoms.